The maximum atomic E-state index is 6.26. The van der Waals surface area contributed by atoms with Crippen LogP contribution < -0.4 is 0 Å². The molecule has 15 heavy (non-hydrogen) atoms. The molecule has 2 aliphatic carbocycles. The van der Waals surface area contributed by atoms with Crippen molar-refractivity contribution in [1.29, 1.82) is 0 Å². The first kappa shape index (κ1) is 10.1. The van der Waals surface area contributed by atoms with Gasteiger partial charge in [0, 0.05) is 17.0 Å². The molecule has 2 aliphatic rings. The standard InChI is InChI=1S/C12H16ClNS/c13-7-12(5-11-6-14-8-15-11)4-9-1-2-10(12)3-9/h6,8-10H,1-5,7H2. The fourth-order valence-corrected chi connectivity index (χ4v) is 4.83. The molecule has 0 saturated heterocycles. The van der Waals surface area contributed by atoms with Gasteiger partial charge in [-0.15, -0.1) is 22.9 Å². The normalized spacial score (nSPS) is 38.7. The van der Waals surface area contributed by atoms with E-state index in [0.717, 1.165) is 17.7 Å². The Hall–Kier alpha value is -0.0800. The molecule has 0 N–H and O–H groups in total. The molecule has 3 unspecified atom stereocenters. The summed E-state index contributed by atoms with van der Waals surface area (Å²) in [5.74, 6) is 2.70. The Morgan fingerprint density at radius 3 is 3.00 bits per heavy atom. The molecule has 2 fully saturated rings. The van der Waals surface area contributed by atoms with Crippen LogP contribution >= 0.6 is 22.9 Å². The van der Waals surface area contributed by atoms with Crippen molar-refractivity contribution in [3.8, 4) is 0 Å². The van der Waals surface area contributed by atoms with E-state index >= 15 is 0 Å². The highest BCUT2D eigenvalue weighted by atomic mass is 35.5. The van der Waals surface area contributed by atoms with Gasteiger partial charge in [-0.3, -0.25) is 4.98 Å². The molecule has 3 atom stereocenters. The molecule has 2 saturated carbocycles. The molecule has 3 heteroatoms. The Labute approximate surface area is 99.9 Å². The lowest BCUT2D eigenvalue weighted by atomic mass is 9.72. The fraction of sp³-hybridized carbons (Fsp3) is 0.750. The fourth-order valence-electron chi connectivity index (χ4n) is 3.66. The van der Waals surface area contributed by atoms with Gasteiger partial charge in [-0.1, -0.05) is 6.42 Å². The number of thiazole rings is 1. The van der Waals surface area contributed by atoms with E-state index in [9.17, 15) is 0 Å². The lowest BCUT2D eigenvalue weighted by Gasteiger charge is -2.35. The van der Waals surface area contributed by atoms with Crippen LogP contribution in [-0.4, -0.2) is 10.9 Å². The molecule has 1 nitrogen and oxygen atoms in total. The summed E-state index contributed by atoms with van der Waals surface area (Å²) in [7, 11) is 0. The largest absolute Gasteiger partial charge is 0.253 e. The Morgan fingerprint density at radius 1 is 1.53 bits per heavy atom. The maximum absolute atomic E-state index is 6.26. The monoisotopic (exact) mass is 241 g/mol. The molecule has 1 aromatic heterocycles. The summed E-state index contributed by atoms with van der Waals surface area (Å²) in [4.78, 5) is 5.59. The number of nitrogens with zero attached hydrogens (tertiary/aromatic N) is 1. The number of aromatic nitrogens is 1. The van der Waals surface area contributed by atoms with Crippen LogP contribution in [0.4, 0.5) is 0 Å². The minimum absolute atomic E-state index is 0.414. The molecule has 1 aromatic rings. The first-order chi connectivity index (χ1) is 7.32. The zero-order valence-corrected chi connectivity index (χ0v) is 10.4. The average molecular weight is 242 g/mol. The van der Waals surface area contributed by atoms with Crippen molar-refractivity contribution in [2.24, 2.45) is 17.3 Å². The lowest BCUT2D eigenvalue weighted by molar-refractivity contribution is 0.194. The van der Waals surface area contributed by atoms with Gasteiger partial charge in [0.05, 0.1) is 5.51 Å². The van der Waals surface area contributed by atoms with Gasteiger partial charge in [0.1, 0.15) is 0 Å². The van der Waals surface area contributed by atoms with E-state index in [1.807, 2.05) is 11.7 Å². The van der Waals surface area contributed by atoms with Gasteiger partial charge in [-0.2, -0.15) is 0 Å². The number of hydrogen-bond donors (Lipinski definition) is 0. The van der Waals surface area contributed by atoms with Gasteiger partial charge in [-0.05, 0) is 42.9 Å². The molecule has 82 valence electrons. The molecular weight excluding hydrogens is 226 g/mol. The third kappa shape index (κ3) is 1.62. The topological polar surface area (TPSA) is 12.9 Å². The minimum atomic E-state index is 0.414. The molecule has 2 bridgehead atoms. The molecule has 3 rings (SSSR count). The molecule has 0 amide bonds. The average Bonchev–Trinajstić information content (AvgIpc) is 2.93. The first-order valence-electron chi connectivity index (χ1n) is 5.76. The predicted molar refractivity (Wildman–Crippen MR) is 64.4 cm³/mol. The van der Waals surface area contributed by atoms with Crippen molar-refractivity contribution in [1.82, 2.24) is 4.98 Å². The molecule has 0 spiro atoms. The van der Waals surface area contributed by atoms with Crippen molar-refractivity contribution in [3.63, 3.8) is 0 Å². The van der Waals surface area contributed by atoms with Crippen LogP contribution in [0.25, 0.3) is 0 Å². The predicted octanol–water partition coefficient (Wildman–Crippen LogP) is 3.73. The third-order valence-corrected chi connectivity index (χ3v) is 5.69. The number of rotatable bonds is 3. The van der Waals surface area contributed by atoms with Crippen molar-refractivity contribution in [2.45, 2.75) is 32.1 Å². The Balaban J connectivity index is 1.82. The second kappa shape index (κ2) is 3.74. The summed E-state index contributed by atoms with van der Waals surface area (Å²) >= 11 is 8.04. The summed E-state index contributed by atoms with van der Waals surface area (Å²) in [6, 6.07) is 0. The quantitative estimate of drug-likeness (QED) is 0.735. The van der Waals surface area contributed by atoms with Crippen molar-refractivity contribution in [2.75, 3.05) is 5.88 Å². The van der Waals surface area contributed by atoms with Crippen LogP contribution in [0.1, 0.15) is 30.6 Å². The van der Waals surface area contributed by atoms with E-state index in [1.165, 1.54) is 37.0 Å². The van der Waals surface area contributed by atoms with Crippen molar-refractivity contribution in [3.05, 3.63) is 16.6 Å². The molecule has 1 heterocycles. The summed E-state index contributed by atoms with van der Waals surface area (Å²) in [6.07, 6.45) is 8.85. The van der Waals surface area contributed by atoms with Crippen LogP contribution in [0, 0.1) is 17.3 Å². The van der Waals surface area contributed by atoms with E-state index < -0.39 is 0 Å². The maximum Gasteiger partial charge on any atom is 0.0794 e. The molecule has 0 aromatic carbocycles. The van der Waals surface area contributed by atoms with E-state index in [0.29, 0.717) is 5.41 Å². The smallest absolute Gasteiger partial charge is 0.0794 e. The second-order valence-electron chi connectivity index (χ2n) is 5.22. The van der Waals surface area contributed by atoms with Gasteiger partial charge in [-0.25, -0.2) is 0 Å². The van der Waals surface area contributed by atoms with Crippen molar-refractivity contribution >= 4 is 22.9 Å². The number of fused-ring (bicyclic) bond motifs is 2. The van der Waals surface area contributed by atoms with E-state index in [4.69, 9.17) is 11.6 Å². The van der Waals surface area contributed by atoms with Crippen molar-refractivity contribution < 1.29 is 0 Å². The number of alkyl halides is 1. The highest BCUT2D eigenvalue weighted by molar-refractivity contribution is 7.09. The minimum Gasteiger partial charge on any atom is -0.253 e. The van der Waals surface area contributed by atoms with Gasteiger partial charge >= 0.3 is 0 Å². The number of halogens is 1. The van der Waals surface area contributed by atoms with Crippen LogP contribution in [0.5, 0.6) is 0 Å². The van der Waals surface area contributed by atoms with E-state index in [-0.39, 0.29) is 0 Å². The summed E-state index contributed by atoms with van der Waals surface area (Å²) < 4.78 is 0. The lowest BCUT2D eigenvalue weighted by Crippen LogP contribution is -2.31. The van der Waals surface area contributed by atoms with Gasteiger partial charge in [0.25, 0.3) is 0 Å². The SMILES string of the molecule is ClCC1(Cc2cncs2)CC2CCC1C2. The van der Waals surface area contributed by atoms with Crippen LogP contribution in [0.3, 0.4) is 0 Å². The van der Waals surface area contributed by atoms with E-state index in [2.05, 4.69) is 4.98 Å². The first-order valence-corrected chi connectivity index (χ1v) is 7.17. The number of hydrogen-bond acceptors (Lipinski definition) is 2. The van der Waals surface area contributed by atoms with Crippen LogP contribution in [0.2, 0.25) is 0 Å². The zero-order valence-electron chi connectivity index (χ0n) is 8.79. The van der Waals surface area contributed by atoms with Gasteiger partial charge in [0.15, 0.2) is 0 Å². The van der Waals surface area contributed by atoms with E-state index in [1.54, 1.807) is 11.3 Å². The van der Waals surface area contributed by atoms with Crippen LogP contribution in [0.15, 0.2) is 11.7 Å². The summed E-state index contributed by atoms with van der Waals surface area (Å²) in [6.45, 7) is 0. The Kier molecular flexibility index (Phi) is 2.52. The zero-order chi connectivity index (χ0) is 10.3. The summed E-state index contributed by atoms with van der Waals surface area (Å²) in [5, 5.41) is 0. The van der Waals surface area contributed by atoms with Gasteiger partial charge < -0.3 is 0 Å². The highest BCUT2D eigenvalue weighted by Gasteiger charge is 2.50. The summed E-state index contributed by atoms with van der Waals surface area (Å²) in [5.41, 5.74) is 2.35. The molecule has 0 aliphatic heterocycles. The second-order valence-corrected chi connectivity index (χ2v) is 6.46. The third-order valence-electron chi connectivity index (χ3n) is 4.38. The highest BCUT2D eigenvalue weighted by Crippen LogP contribution is 2.57. The molecular formula is C12H16ClNS. The Morgan fingerprint density at radius 2 is 2.47 bits per heavy atom. The Bertz CT molecular complexity index is 337. The van der Waals surface area contributed by atoms with Crippen LogP contribution in [-0.2, 0) is 6.42 Å². The van der Waals surface area contributed by atoms with Gasteiger partial charge in [0.2, 0.25) is 0 Å². The molecule has 0 radical (unpaired) electrons.